The van der Waals surface area contributed by atoms with E-state index in [4.69, 9.17) is 4.42 Å². The molecule has 0 aromatic carbocycles. The standard InChI is InChI=1S/C15H26N2O/c1-11(15(2,3)4)9-13-10-17-14(18-13)7-8-16-12-5-6-12/h10-12,16H,5-9H2,1-4H3. The number of oxazole rings is 1. The fraction of sp³-hybridized carbons (Fsp3) is 0.800. The molecule has 0 spiro atoms. The Morgan fingerprint density at radius 2 is 2.17 bits per heavy atom. The molecule has 2 rings (SSSR count). The fourth-order valence-electron chi connectivity index (χ4n) is 1.84. The van der Waals surface area contributed by atoms with Crippen LogP contribution in [0.2, 0.25) is 0 Å². The predicted molar refractivity (Wildman–Crippen MR) is 73.6 cm³/mol. The van der Waals surface area contributed by atoms with Crippen LogP contribution >= 0.6 is 0 Å². The molecule has 3 nitrogen and oxygen atoms in total. The van der Waals surface area contributed by atoms with E-state index in [-0.39, 0.29) is 0 Å². The van der Waals surface area contributed by atoms with Crippen molar-refractivity contribution in [2.75, 3.05) is 6.54 Å². The van der Waals surface area contributed by atoms with Crippen molar-refractivity contribution < 1.29 is 4.42 Å². The lowest BCUT2D eigenvalue weighted by atomic mass is 9.80. The van der Waals surface area contributed by atoms with Gasteiger partial charge < -0.3 is 9.73 Å². The van der Waals surface area contributed by atoms with Crippen LogP contribution in [-0.2, 0) is 12.8 Å². The first-order valence-corrected chi connectivity index (χ1v) is 7.12. The summed E-state index contributed by atoms with van der Waals surface area (Å²) in [5.74, 6) is 2.50. The molecule has 1 N–H and O–H groups in total. The van der Waals surface area contributed by atoms with Gasteiger partial charge in [-0.1, -0.05) is 27.7 Å². The Morgan fingerprint density at radius 3 is 2.78 bits per heavy atom. The maximum absolute atomic E-state index is 5.80. The van der Waals surface area contributed by atoms with Crippen LogP contribution in [0.15, 0.2) is 10.6 Å². The molecule has 1 unspecified atom stereocenters. The Kier molecular flexibility index (Phi) is 4.10. The van der Waals surface area contributed by atoms with Gasteiger partial charge in [-0.15, -0.1) is 0 Å². The lowest BCUT2D eigenvalue weighted by Crippen LogP contribution is -2.19. The minimum absolute atomic E-state index is 0.320. The van der Waals surface area contributed by atoms with Gasteiger partial charge in [0.05, 0.1) is 6.20 Å². The van der Waals surface area contributed by atoms with E-state index < -0.39 is 0 Å². The first-order valence-electron chi connectivity index (χ1n) is 7.12. The summed E-state index contributed by atoms with van der Waals surface area (Å²) in [6.45, 7) is 10.1. The van der Waals surface area contributed by atoms with Crippen LogP contribution in [-0.4, -0.2) is 17.6 Å². The summed E-state index contributed by atoms with van der Waals surface area (Å²) in [5, 5.41) is 3.48. The number of hydrogen-bond acceptors (Lipinski definition) is 3. The van der Waals surface area contributed by atoms with Crippen molar-refractivity contribution in [2.24, 2.45) is 11.3 Å². The van der Waals surface area contributed by atoms with E-state index in [2.05, 4.69) is 38.0 Å². The van der Waals surface area contributed by atoms with Gasteiger partial charge in [-0.05, 0) is 24.2 Å². The molecule has 1 aliphatic carbocycles. The summed E-state index contributed by atoms with van der Waals surface area (Å²) < 4.78 is 5.80. The van der Waals surface area contributed by atoms with Crippen LogP contribution in [0, 0.1) is 11.3 Å². The third kappa shape index (κ3) is 4.13. The van der Waals surface area contributed by atoms with Gasteiger partial charge in [0.25, 0.3) is 0 Å². The Balaban J connectivity index is 1.77. The van der Waals surface area contributed by atoms with E-state index in [0.717, 1.165) is 37.1 Å². The van der Waals surface area contributed by atoms with Gasteiger partial charge >= 0.3 is 0 Å². The number of nitrogens with one attached hydrogen (secondary N) is 1. The smallest absolute Gasteiger partial charge is 0.195 e. The highest BCUT2D eigenvalue weighted by Gasteiger charge is 2.22. The van der Waals surface area contributed by atoms with Gasteiger partial charge in [0.2, 0.25) is 0 Å². The molecule has 0 aliphatic heterocycles. The summed E-state index contributed by atoms with van der Waals surface area (Å²) >= 11 is 0. The quantitative estimate of drug-likeness (QED) is 0.842. The molecule has 1 fully saturated rings. The second-order valence-corrected chi connectivity index (χ2v) is 6.67. The zero-order valence-electron chi connectivity index (χ0n) is 12.1. The van der Waals surface area contributed by atoms with Crippen LogP contribution in [0.25, 0.3) is 0 Å². The zero-order chi connectivity index (χ0) is 13.2. The van der Waals surface area contributed by atoms with E-state index in [1.165, 1.54) is 12.8 Å². The van der Waals surface area contributed by atoms with Crippen LogP contribution < -0.4 is 5.32 Å². The molecular weight excluding hydrogens is 224 g/mol. The van der Waals surface area contributed by atoms with Crippen LogP contribution in [0.5, 0.6) is 0 Å². The maximum Gasteiger partial charge on any atom is 0.195 e. The molecule has 1 atom stereocenters. The highest BCUT2D eigenvalue weighted by molar-refractivity contribution is 4.97. The number of nitrogens with zero attached hydrogens (tertiary/aromatic N) is 1. The third-order valence-electron chi connectivity index (χ3n) is 3.94. The molecule has 1 aromatic heterocycles. The van der Waals surface area contributed by atoms with E-state index in [9.17, 15) is 0 Å². The Bertz CT molecular complexity index is 374. The molecule has 102 valence electrons. The van der Waals surface area contributed by atoms with Crippen molar-refractivity contribution in [1.82, 2.24) is 10.3 Å². The van der Waals surface area contributed by atoms with Gasteiger partial charge in [-0.3, -0.25) is 0 Å². The normalized spacial score (nSPS) is 18.0. The van der Waals surface area contributed by atoms with Gasteiger partial charge in [-0.2, -0.15) is 0 Å². The van der Waals surface area contributed by atoms with Crippen molar-refractivity contribution in [3.63, 3.8) is 0 Å². The summed E-state index contributed by atoms with van der Waals surface area (Å²) in [4.78, 5) is 4.36. The Labute approximate surface area is 110 Å². The Morgan fingerprint density at radius 1 is 1.44 bits per heavy atom. The molecule has 1 saturated carbocycles. The van der Waals surface area contributed by atoms with Gasteiger partial charge in [0.15, 0.2) is 5.89 Å². The molecule has 0 saturated heterocycles. The predicted octanol–water partition coefficient (Wildman–Crippen LogP) is 3.19. The fourth-order valence-corrected chi connectivity index (χ4v) is 1.84. The van der Waals surface area contributed by atoms with Crippen LogP contribution in [0.1, 0.15) is 52.2 Å². The SMILES string of the molecule is CC(Cc1cnc(CCNC2CC2)o1)C(C)(C)C. The minimum atomic E-state index is 0.320. The average molecular weight is 250 g/mol. The number of hydrogen-bond donors (Lipinski definition) is 1. The summed E-state index contributed by atoms with van der Waals surface area (Å²) in [7, 11) is 0. The van der Waals surface area contributed by atoms with E-state index in [1.54, 1.807) is 0 Å². The van der Waals surface area contributed by atoms with Gasteiger partial charge in [0, 0.05) is 25.4 Å². The molecule has 1 aromatic rings. The Hall–Kier alpha value is -0.830. The first kappa shape index (κ1) is 13.6. The maximum atomic E-state index is 5.80. The average Bonchev–Trinajstić information content (AvgIpc) is 2.98. The number of rotatable bonds is 6. The summed E-state index contributed by atoms with van der Waals surface area (Å²) in [6, 6.07) is 0.764. The number of aromatic nitrogens is 1. The van der Waals surface area contributed by atoms with E-state index >= 15 is 0 Å². The lowest BCUT2D eigenvalue weighted by Gasteiger charge is -2.26. The molecule has 1 aliphatic rings. The summed E-state index contributed by atoms with van der Waals surface area (Å²) in [6.07, 6.45) is 6.45. The first-order chi connectivity index (χ1) is 8.45. The molecule has 1 heterocycles. The van der Waals surface area contributed by atoms with Crippen molar-refractivity contribution in [3.8, 4) is 0 Å². The monoisotopic (exact) mass is 250 g/mol. The second-order valence-electron chi connectivity index (χ2n) is 6.67. The molecule has 0 bridgehead atoms. The van der Waals surface area contributed by atoms with Gasteiger partial charge in [-0.25, -0.2) is 4.98 Å². The molecule has 0 radical (unpaired) electrons. The molecular formula is C15H26N2O. The minimum Gasteiger partial charge on any atom is -0.446 e. The van der Waals surface area contributed by atoms with E-state index in [0.29, 0.717) is 11.3 Å². The lowest BCUT2D eigenvalue weighted by molar-refractivity contribution is 0.246. The van der Waals surface area contributed by atoms with Gasteiger partial charge in [0.1, 0.15) is 5.76 Å². The van der Waals surface area contributed by atoms with Crippen molar-refractivity contribution in [2.45, 2.75) is 59.4 Å². The molecule has 18 heavy (non-hydrogen) atoms. The third-order valence-corrected chi connectivity index (χ3v) is 3.94. The zero-order valence-corrected chi connectivity index (χ0v) is 12.1. The van der Waals surface area contributed by atoms with Crippen molar-refractivity contribution >= 4 is 0 Å². The van der Waals surface area contributed by atoms with Crippen molar-refractivity contribution in [3.05, 3.63) is 17.8 Å². The van der Waals surface area contributed by atoms with Crippen LogP contribution in [0.3, 0.4) is 0 Å². The largest absolute Gasteiger partial charge is 0.446 e. The highest BCUT2D eigenvalue weighted by Crippen LogP contribution is 2.28. The van der Waals surface area contributed by atoms with E-state index in [1.807, 2.05) is 6.20 Å². The molecule has 0 amide bonds. The molecule has 3 heteroatoms. The topological polar surface area (TPSA) is 38.1 Å². The highest BCUT2D eigenvalue weighted by atomic mass is 16.4. The second kappa shape index (κ2) is 5.43. The van der Waals surface area contributed by atoms with Crippen LogP contribution in [0.4, 0.5) is 0 Å². The summed E-state index contributed by atoms with van der Waals surface area (Å²) in [5.41, 5.74) is 0.320. The van der Waals surface area contributed by atoms with Crippen molar-refractivity contribution in [1.29, 1.82) is 0 Å².